The molecule has 0 aromatic rings. The van der Waals surface area contributed by atoms with Gasteiger partial charge in [0.25, 0.3) is 0 Å². The van der Waals surface area contributed by atoms with E-state index in [9.17, 15) is 4.79 Å². The fourth-order valence-electron chi connectivity index (χ4n) is 2.02. The van der Waals surface area contributed by atoms with Gasteiger partial charge in [-0.25, -0.2) is 0 Å². The summed E-state index contributed by atoms with van der Waals surface area (Å²) in [5.41, 5.74) is 0. The number of carbonyl (C=O) groups is 1. The Bertz CT molecular complexity index is 223. The van der Waals surface area contributed by atoms with Crippen LogP contribution in [0.2, 0.25) is 0 Å². The predicted octanol–water partition coefficient (Wildman–Crippen LogP) is 1.62. The quantitative estimate of drug-likeness (QED) is 0.690. The third-order valence-corrected chi connectivity index (χ3v) is 4.43. The van der Waals surface area contributed by atoms with Crippen molar-refractivity contribution in [1.29, 1.82) is 0 Å². The SMILES string of the molecule is COC(=O)C(C)C(C)N1CCSCC1C. The third-order valence-electron chi connectivity index (χ3n) is 3.24. The number of carbonyl (C=O) groups excluding carboxylic acids is 1. The van der Waals surface area contributed by atoms with Crippen LogP contribution in [0.15, 0.2) is 0 Å². The summed E-state index contributed by atoms with van der Waals surface area (Å²) < 4.78 is 4.79. The van der Waals surface area contributed by atoms with Crippen molar-refractivity contribution in [2.24, 2.45) is 5.92 Å². The van der Waals surface area contributed by atoms with E-state index in [1.54, 1.807) is 0 Å². The highest BCUT2D eigenvalue weighted by atomic mass is 32.2. The Morgan fingerprint density at radius 1 is 1.53 bits per heavy atom. The fourth-order valence-corrected chi connectivity index (χ4v) is 3.05. The van der Waals surface area contributed by atoms with Gasteiger partial charge in [-0.3, -0.25) is 9.69 Å². The van der Waals surface area contributed by atoms with Crippen LogP contribution in [0.25, 0.3) is 0 Å². The molecule has 0 radical (unpaired) electrons. The van der Waals surface area contributed by atoms with Crippen LogP contribution < -0.4 is 0 Å². The minimum atomic E-state index is -0.104. The molecule has 4 heteroatoms. The van der Waals surface area contributed by atoms with Crippen molar-refractivity contribution in [3.05, 3.63) is 0 Å². The lowest BCUT2D eigenvalue weighted by atomic mass is 10.0. The zero-order valence-corrected chi connectivity index (χ0v) is 10.8. The Hall–Kier alpha value is -0.220. The smallest absolute Gasteiger partial charge is 0.309 e. The lowest BCUT2D eigenvalue weighted by Crippen LogP contribution is -2.49. The molecule has 3 unspecified atom stereocenters. The van der Waals surface area contributed by atoms with Gasteiger partial charge in [-0.2, -0.15) is 11.8 Å². The first-order chi connectivity index (χ1) is 7.07. The number of hydrogen-bond acceptors (Lipinski definition) is 4. The van der Waals surface area contributed by atoms with Crippen LogP contribution in [0.4, 0.5) is 0 Å². The molecule has 0 aliphatic carbocycles. The maximum atomic E-state index is 11.4. The van der Waals surface area contributed by atoms with Crippen molar-refractivity contribution in [3.63, 3.8) is 0 Å². The zero-order valence-electron chi connectivity index (χ0n) is 10.0. The first-order valence-electron chi connectivity index (χ1n) is 5.49. The molecule has 88 valence electrons. The summed E-state index contributed by atoms with van der Waals surface area (Å²) in [5.74, 6) is 2.19. The van der Waals surface area contributed by atoms with Gasteiger partial charge in [0.1, 0.15) is 0 Å². The molecule has 0 N–H and O–H groups in total. The number of nitrogens with zero attached hydrogens (tertiary/aromatic N) is 1. The summed E-state index contributed by atoms with van der Waals surface area (Å²) in [4.78, 5) is 13.9. The molecule has 0 aromatic heterocycles. The number of thioether (sulfide) groups is 1. The lowest BCUT2D eigenvalue weighted by Gasteiger charge is -2.39. The Kier molecular flexibility index (Phi) is 4.93. The van der Waals surface area contributed by atoms with Crippen LogP contribution in [-0.4, -0.2) is 48.1 Å². The first kappa shape index (κ1) is 12.8. The van der Waals surface area contributed by atoms with Gasteiger partial charge in [-0.1, -0.05) is 6.92 Å². The summed E-state index contributed by atoms with van der Waals surface area (Å²) in [6.45, 7) is 7.38. The van der Waals surface area contributed by atoms with Gasteiger partial charge in [-0.05, 0) is 13.8 Å². The first-order valence-corrected chi connectivity index (χ1v) is 6.64. The van der Waals surface area contributed by atoms with E-state index in [1.165, 1.54) is 12.9 Å². The van der Waals surface area contributed by atoms with E-state index in [0.29, 0.717) is 6.04 Å². The molecule has 1 fully saturated rings. The van der Waals surface area contributed by atoms with Crippen molar-refractivity contribution in [3.8, 4) is 0 Å². The van der Waals surface area contributed by atoms with E-state index in [1.807, 2.05) is 18.7 Å². The highest BCUT2D eigenvalue weighted by Crippen LogP contribution is 2.22. The van der Waals surface area contributed by atoms with Crippen LogP contribution in [0.3, 0.4) is 0 Å². The molecular formula is C11H21NO2S. The van der Waals surface area contributed by atoms with E-state index in [0.717, 1.165) is 12.3 Å². The van der Waals surface area contributed by atoms with E-state index in [-0.39, 0.29) is 17.9 Å². The second-order valence-electron chi connectivity index (χ2n) is 4.21. The molecule has 0 aromatic carbocycles. The topological polar surface area (TPSA) is 29.5 Å². The largest absolute Gasteiger partial charge is 0.469 e. The number of hydrogen-bond donors (Lipinski definition) is 0. The highest BCUT2D eigenvalue weighted by molar-refractivity contribution is 7.99. The second-order valence-corrected chi connectivity index (χ2v) is 5.36. The van der Waals surface area contributed by atoms with Gasteiger partial charge >= 0.3 is 5.97 Å². The summed E-state index contributed by atoms with van der Waals surface area (Å²) in [6, 6.07) is 0.833. The van der Waals surface area contributed by atoms with Crippen LogP contribution in [0.5, 0.6) is 0 Å². The minimum absolute atomic E-state index is 0.0412. The molecule has 1 aliphatic rings. The Morgan fingerprint density at radius 3 is 2.73 bits per heavy atom. The van der Waals surface area contributed by atoms with Crippen molar-refractivity contribution >= 4 is 17.7 Å². The van der Waals surface area contributed by atoms with Crippen molar-refractivity contribution in [2.75, 3.05) is 25.2 Å². The van der Waals surface area contributed by atoms with Crippen LogP contribution >= 0.6 is 11.8 Å². The summed E-state index contributed by atoms with van der Waals surface area (Å²) >= 11 is 1.99. The second kappa shape index (κ2) is 5.75. The molecule has 1 saturated heterocycles. The van der Waals surface area contributed by atoms with E-state index in [2.05, 4.69) is 18.7 Å². The van der Waals surface area contributed by atoms with E-state index < -0.39 is 0 Å². The van der Waals surface area contributed by atoms with E-state index in [4.69, 9.17) is 4.74 Å². The average molecular weight is 231 g/mol. The number of esters is 1. The fraction of sp³-hybridized carbons (Fsp3) is 0.909. The average Bonchev–Trinajstić information content (AvgIpc) is 2.26. The standard InChI is InChI=1S/C11H21NO2S/c1-8-7-15-6-5-12(8)10(3)9(2)11(13)14-4/h8-10H,5-7H2,1-4H3. The molecule has 1 heterocycles. The molecule has 3 nitrogen and oxygen atoms in total. The van der Waals surface area contributed by atoms with Gasteiger partial charge < -0.3 is 4.74 Å². The highest BCUT2D eigenvalue weighted by Gasteiger charge is 2.30. The summed E-state index contributed by atoms with van der Waals surface area (Å²) in [5, 5.41) is 0. The van der Waals surface area contributed by atoms with Crippen LogP contribution in [-0.2, 0) is 9.53 Å². The zero-order chi connectivity index (χ0) is 11.4. The number of ether oxygens (including phenoxy) is 1. The molecular weight excluding hydrogens is 210 g/mol. The maximum Gasteiger partial charge on any atom is 0.309 e. The predicted molar refractivity (Wildman–Crippen MR) is 64.1 cm³/mol. The maximum absolute atomic E-state index is 11.4. The van der Waals surface area contributed by atoms with Gasteiger partial charge in [0.15, 0.2) is 0 Å². The van der Waals surface area contributed by atoms with Crippen molar-refractivity contribution in [2.45, 2.75) is 32.9 Å². The number of rotatable bonds is 3. The molecule has 0 amide bonds. The Labute approximate surface area is 96.5 Å². The molecule has 1 rings (SSSR count). The van der Waals surface area contributed by atoms with Gasteiger partial charge in [0, 0.05) is 30.1 Å². The van der Waals surface area contributed by atoms with Gasteiger partial charge in [-0.15, -0.1) is 0 Å². The normalized spacial score (nSPS) is 27.1. The Morgan fingerprint density at radius 2 is 2.20 bits per heavy atom. The van der Waals surface area contributed by atoms with Gasteiger partial charge in [0.2, 0.25) is 0 Å². The van der Waals surface area contributed by atoms with Crippen LogP contribution in [0, 0.1) is 5.92 Å². The van der Waals surface area contributed by atoms with Gasteiger partial charge in [0.05, 0.1) is 13.0 Å². The molecule has 3 atom stereocenters. The van der Waals surface area contributed by atoms with Crippen molar-refractivity contribution in [1.82, 2.24) is 4.90 Å². The van der Waals surface area contributed by atoms with Crippen LogP contribution in [0.1, 0.15) is 20.8 Å². The Balaban J connectivity index is 2.57. The third kappa shape index (κ3) is 3.11. The molecule has 1 aliphatic heterocycles. The van der Waals surface area contributed by atoms with Crippen molar-refractivity contribution < 1.29 is 9.53 Å². The molecule has 0 bridgehead atoms. The lowest BCUT2D eigenvalue weighted by molar-refractivity contribution is -0.147. The molecule has 0 saturated carbocycles. The van der Waals surface area contributed by atoms with E-state index >= 15 is 0 Å². The minimum Gasteiger partial charge on any atom is -0.469 e. The summed E-state index contributed by atoms with van der Waals surface area (Å²) in [7, 11) is 1.46. The monoisotopic (exact) mass is 231 g/mol. The molecule has 0 spiro atoms. The summed E-state index contributed by atoms with van der Waals surface area (Å²) in [6.07, 6.45) is 0. The molecule has 15 heavy (non-hydrogen) atoms. The number of methoxy groups -OCH3 is 1.